The Labute approximate surface area is 172 Å². The highest BCUT2D eigenvalue weighted by Gasteiger charge is 2.09. The molecule has 1 aliphatic heterocycles. The van der Waals surface area contributed by atoms with Gasteiger partial charge in [0, 0.05) is 56.0 Å². The molecule has 1 aromatic heterocycles. The summed E-state index contributed by atoms with van der Waals surface area (Å²) >= 11 is 0. The van der Waals surface area contributed by atoms with Gasteiger partial charge in [0.1, 0.15) is 0 Å². The maximum absolute atomic E-state index is 4.37. The quantitative estimate of drug-likeness (QED) is 0.343. The number of H-pyrrole nitrogens is 1. The molecule has 0 saturated heterocycles. The molecule has 0 spiro atoms. The van der Waals surface area contributed by atoms with E-state index >= 15 is 0 Å². The number of benzene rings is 2. The van der Waals surface area contributed by atoms with Gasteiger partial charge in [0.2, 0.25) is 0 Å². The van der Waals surface area contributed by atoms with Crippen molar-refractivity contribution in [3.63, 3.8) is 0 Å². The number of anilines is 1. The van der Waals surface area contributed by atoms with E-state index in [1.165, 1.54) is 33.3 Å². The van der Waals surface area contributed by atoms with Crippen LogP contribution in [-0.2, 0) is 13.0 Å². The molecule has 1 aliphatic rings. The molecule has 0 amide bonds. The van der Waals surface area contributed by atoms with Gasteiger partial charge >= 0.3 is 0 Å². The molecule has 0 atom stereocenters. The third-order valence-corrected chi connectivity index (χ3v) is 5.46. The number of aromatic amines is 1. The molecule has 3 N–H and O–H groups in total. The van der Waals surface area contributed by atoms with Gasteiger partial charge in [0.25, 0.3) is 0 Å². The zero-order valence-corrected chi connectivity index (χ0v) is 17.2. The Hall–Kier alpha value is -3.21. The van der Waals surface area contributed by atoms with Crippen molar-refractivity contribution in [1.29, 1.82) is 0 Å². The molecule has 0 bridgehead atoms. The van der Waals surface area contributed by atoms with Crippen LogP contribution in [0.3, 0.4) is 0 Å². The average Bonchev–Trinajstić information content (AvgIpc) is 3.42. The Kier molecular flexibility index (Phi) is 5.84. The SMILES string of the molecule is CN=C(NCCc1c[nH]c2cccc(C)c12)NCc1cccc(N2CC=CC2)c1. The number of aryl methyl sites for hydroxylation is 1. The first-order valence-corrected chi connectivity index (χ1v) is 10.2. The standard InChI is InChI=1S/C24H29N5/c1-18-7-5-10-22-23(18)20(17-27-22)11-12-26-24(25-2)28-16-19-8-6-9-21(15-19)29-13-3-4-14-29/h3-10,15,17,27H,11-14,16H2,1-2H3,(H2,25,26,28). The van der Waals surface area contributed by atoms with Crippen molar-refractivity contribution >= 4 is 22.5 Å². The van der Waals surface area contributed by atoms with Crippen LogP contribution in [0.2, 0.25) is 0 Å². The Morgan fingerprint density at radius 3 is 2.76 bits per heavy atom. The topological polar surface area (TPSA) is 55.5 Å². The van der Waals surface area contributed by atoms with Gasteiger partial charge in [-0.1, -0.05) is 36.4 Å². The Morgan fingerprint density at radius 1 is 1.10 bits per heavy atom. The van der Waals surface area contributed by atoms with Gasteiger partial charge in [0.15, 0.2) is 5.96 Å². The van der Waals surface area contributed by atoms with Crippen molar-refractivity contribution in [1.82, 2.24) is 15.6 Å². The van der Waals surface area contributed by atoms with Crippen molar-refractivity contribution < 1.29 is 0 Å². The highest BCUT2D eigenvalue weighted by atomic mass is 15.2. The van der Waals surface area contributed by atoms with Gasteiger partial charge in [-0.2, -0.15) is 0 Å². The first-order valence-electron chi connectivity index (χ1n) is 10.2. The molecule has 150 valence electrons. The van der Waals surface area contributed by atoms with Gasteiger partial charge in [-0.05, 0) is 48.2 Å². The van der Waals surface area contributed by atoms with Gasteiger partial charge < -0.3 is 20.5 Å². The second kappa shape index (κ2) is 8.86. The fraction of sp³-hybridized carbons (Fsp3) is 0.292. The van der Waals surface area contributed by atoms with Crippen molar-refractivity contribution in [3.05, 3.63) is 77.5 Å². The number of rotatable bonds is 6. The molecule has 4 rings (SSSR count). The van der Waals surface area contributed by atoms with Gasteiger partial charge in [-0.25, -0.2) is 0 Å². The fourth-order valence-electron chi connectivity index (χ4n) is 3.92. The number of fused-ring (bicyclic) bond motifs is 1. The van der Waals surface area contributed by atoms with E-state index in [0.29, 0.717) is 0 Å². The van der Waals surface area contributed by atoms with E-state index in [1.54, 1.807) is 0 Å². The first kappa shape index (κ1) is 19.1. The molecule has 29 heavy (non-hydrogen) atoms. The molecule has 3 aromatic rings. The lowest BCUT2D eigenvalue weighted by molar-refractivity contribution is 0.796. The summed E-state index contributed by atoms with van der Waals surface area (Å²) in [6.07, 6.45) is 7.50. The first-order chi connectivity index (χ1) is 14.2. The zero-order chi connectivity index (χ0) is 20.1. The van der Waals surface area contributed by atoms with E-state index in [4.69, 9.17) is 0 Å². The van der Waals surface area contributed by atoms with Crippen LogP contribution in [0.15, 0.2) is 65.8 Å². The van der Waals surface area contributed by atoms with Crippen LogP contribution < -0.4 is 15.5 Å². The van der Waals surface area contributed by atoms with E-state index in [9.17, 15) is 0 Å². The molecular weight excluding hydrogens is 358 g/mol. The van der Waals surface area contributed by atoms with E-state index in [2.05, 4.69) is 93.2 Å². The van der Waals surface area contributed by atoms with Gasteiger partial charge in [-0.15, -0.1) is 0 Å². The number of hydrogen-bond acceptors (Lipinski definition) is 2. The third-order valence-electron chi connectivity index (χ3n) is 5.46. The average molecular weight is 388 g/mol. The Balaban J connectivity index is 1.30. The zero-order valence-electron chi connectivity index (χ0n) is 17.2. The molecular formula is C24H29N5. The number of nitrogens with one attached hydrogen (secondary N) is 3. The lowest BCUT2D eigenvalue weighted by atomic mass is 10.1. The predicted octanol–water partition coefficient (Wildman–Crippen LogP) is 3.76. The van der Waals surface area contributed by atoms with Crippen molar-refractivity contribution in [2.24, 2.45) is 4.99 Å². The monoisotopic (exact) mass is 387 g/mol. The van der Waals surface area contributed by atoms with Crippen molar-refractivity contribution in [2.45, 2.75) is 19.9 Å². The summed E-state index contributed by atoms with van der Waals surface area (Å²) in [5.41, 5.74) is 6.38. The number of aliphatic imine (C=N–C) groups is 1. The predicted molar refractivity (Wildman–Crippen MR) is 123 cm³/mol. The number of hydrogen-bond donors (Lipinski definition) is 3. The fourth-order valence-corrected chi connectivity index (χ4v) is 3.92. The van der Waals surface area contributed by atoms with Crippen LogP contribution in [0.5, 0.6) is 0 Å². The van der Waals surface area contributed by atoms with Gasteiger partial charge in [-0.3, -0.25) is 4.99 Å². The van der Waals surface area contributed by atoms with E-state index in [1.807, 2.05) is 7.05 Å². The smallest absolute Gasteiger partial charge is 0.191 e. The van der Waals surface area contributed by atoms with Crippen molar-refractivity contribution in [2.75, 3.05) is 31.6 Å². The van der Waals surface area contributed by atoms with E-state index in [-0.39, 0.29) is 0 Å². The largest absolute Gasteiger partial charge is 0.364 e. The summed E-state index contributed by atoms with van der Waals surface area (Å²) in [7, 11) is 1.82. The molecule has 2 aromatic carbocycles. The number of nitrogens with zero attached hydrogens (tertiary/aromatic N) is 2. The lowest BCUT2D eigenvalue weighted by Gasteiger charge is -2.19. The molecule has 0 saturated carbocycles. The highest BCUT2D eigenvalue weighted by molar-refractivity contribution is 5.86. The summed E-state index contributed by atoms with van der Waals surface area (Å²) in [5.74, 6) is 0.829. The van der Waals surface area contributed by atoms with Crippen LogP contribution in [0.25, 0.3) is 10.9 Å². The van der Waals surface area contributed by atoms with Crippen LogP contribution in [0.4, 0.5) is 5.69 Å². The van der Waals surface area contributed by atoms with E-state index in [0.717, 1.165) is 38.6 Å². The minimum absolute atomic E-state index is 0.751. The van der Waals surface area contributed by atoms with E-state index < -0.39 is 0 Å². The summed E-state index contributed by atoms with van der Waals surface area (Å²) in [6, 6.07) is 15.1. The second-order valence-electron chi connectivity index (χ2n) is 7.46. The molecule has 0 aliphatic carbocycles. The molecule has 5 heteroatoms. The minimum atomic E-state index is 0.751. The summed E-state index contributed by atoms with van der Waals surface area (Å²) in [6.45, 7) is 5.74. The molecule has 5 nitrogen and oxygen atoms in total. The third kappa shape index (κ3) is 4.45. The molecule has 2 heterocycles. The van der Waals surface area contributed by atoms with Crippen LogP contribution >= 0.6 is 0 Å². The molecule has 0 unspecified atom stereocenters. The summed E-state index contributed by atoms with van der Waals surface area (Å²) < 4.78 is 0. The minimum Gasteiger partial charge on any atom is -0.364 e. The maximum Gasteiger partial charge on any atom is 0.191 e. The summed E-state index contributed by atoms with van der Waals surface area (Å²) in [5, 5.41) is 8.20. The molecule has 0 fully saturated rings. The number of aromatic nitrogens is 1. The Bertz CT molecular complexity index is 1020. The second-order valence-corrected chi connectivity index (χ2v) is 7.46. The van der Waals surface area contributed by atoms with Crippen LogP contribution in [0, 0.1) is 6.92 Å². The maximum atomic E-state index is 4.37. The van der Waals surface area contributed by atoms with Crippen LogP contribution in [0.1, 0.15) is 16.7 Å². The number of guanidine groups is 1. The lowest BCUT2D eigenvalue weighted by Crippen LogP contribution is -2.37. The van der Waals surface area contributed by atoms with Crippen molar-refractivity contribution in [3.8, 4) is 0 Å². The normalized spacial score (nSPS) is 14.0. The Morgan fingerprint density at radius 2 is 1.93 bits per heavy atom. The van der Waals surface area contributed by atoms with Crippen LogP contribution in [-0.4, -0.2) is 37.6 Å². The highest BCUT2D eigenvalue weighted by Crippen LogP contribution is 2.22. The van der Waals surface area contributed by atoms with Gasteiger partial charge in [0.05, 0.1) is 0 Å². The molecule has 0 radical (unpaired) electrons. The summed E-state index contributed by atoms with van der Waals surface area (Å²) in [4.78, 5) is 10.1.